The topological polar surface area (TPSA) is 43.8 Å². The summed E-state index contributed by atoms with van der Waals surface area (Å²) >= 11 is 0. The predicted octanol–water partition coefficient (Wildman–Crippen LogP) is 2.51. The molecular formula is C14H19N3. The van der Waals surface area contributed by atoms with Crippen LogP contribution in [0, 0.1) is 0 Å². The van der Waals surface area contributed by atoms with E-state index in [9.17, 15) is 0 Å². The second-order valence-corrected chi connectivity index (χ2v) is 4.29. The lowest BCUT2D eigenvalue weighted by Crippen LogP contribution is -2.13. The number of imidazole rings is 1. The summed E-state index contributed by atoms with van der Waals surface area (Å²) in [4.78, 5) is 4.49. The van der Waals surface area contributed by atoms with E-state index in [1.807, 2.05) is 19.2 Å². The van der Waals surface area contributed by atoms with Gasteiger partial charge in [0.2, 0.25) is 0 Å². The zero-order valence-corrected chi connectivity index (χ0v) is 10.4. The second-order valence-electron chi connectivity index (χ2n) is 4.29. The van der Waals surface area contributed by atoms with E-state index in [2.05, 4.69) is 40.7 Å². The van der Waals surface area contributed by atoms with Crippen LogP contribution in [0.1, 0.15) is 37.0 Å². The number of benzene rings is 1. The molecular weight excluding hydrogens is 210 g/mol. The number of aromatic nitrogens is 2. The third-order valence-electron chi connectivity index (χ3n) is 2.96. The highest BCUT2D eigenvalue weighted by molar-refractivity contribution is 5.21. The summed E-state index contributed by atoms with van der Waals surface area (Å²) in [5.41, 5.74) is 8.33. The fourth-order valence-electron chi connectivity index (χ4n) is 2.08. The van der Waals surface area contributed by atoms with E-state index in [1.165, 1.54) is 5.56 Å². The van der Waals surface area contributed by atoms with Gasteiger partial charge in [-0.3, -0.25) is 0 Å². The maximum absolute atomic E-state index is 5.94. The summed E-state index contributed by atoms with van der Waals surface area (Å²) in [5.74, 6) is 1.09. The van der Waals surface area contributed by atoms with Crippen molar-refractivity contribution < 1.29 is 0 Å². The first-order valence-corrected chi connectivity index (χ1v) is 6.06. The molecule has 0 fully saturated rings. The Kier molecular flexibility index (Phi) is 3.59. The van der Waals surface area contributed by atoms with Gasteiger partial charge in [-0.2, -0.15) is 0 Å². The van der Waals surface area contributed by atoms with Gasteiger partial charge in [0.05, 0.1) is 11.9 Å². The number of hydrogen-bond acceptors (Lipinski definition) is 2. The molecule has 0 aliphatic heterocycles. The first kappa shape index (κ1) is 11.9. The second kappa shape index (κ2) is 5.15. The van der Waals surface area contributed by atoms with Crippen LogP contribution in [0.15, 0.2) is 36.5 Å². The Morgan fingerprint density at radius 2 is 2.00 bits per heavy atom. The van der Waals surface area contributed by atoms with Gasteiger partial charge in [0, 0.05) is 19.0 Å². The number of hydrogen-bond donors (Lipinski definition) is 1. The van der Waals surface area contributed by atoms with Crippen LogP contribution in [-0.2, 0) is 13.0 Å². The molecule has 0 aliphatic carbocycles. The van der Waals surface area contributed by atoms with Gasteiger partial charge in [-0.15, -0.1) is 0 Å². The third-order valence-corrected chi connectivity index (χ3v) is 2.96. The third kappa shape index (κ3) is 2.56. The van der Waals surface area contributed by atoms with Gasteiger partial charge in [-0.25, -0.2) is 4.98 Å². The lowest BCUT2D eigenvalue weighted by molar-refractivity contribution is 0.633. The average Bonchev–Trinajstić information content (AvgIpc) is 2.73. The smallest absolute Gasteiger partial charge is 0.113 e. The normalized spacial score (nSPS) is 12.6. The lowest BCUT2D eigenvalue weighted by atomic mass is 10.1. The minimum Gasteiger partial charge on any atom is -0.331 e. The number of nitrogens with zero attached hydrogens (tertiary/aromatic N) is 2. The molecule has 0 aliphatic rings. The zero-order chi connectivity index (χ0) is 12.3. The molecule has 0 radical (unpaired) electrons. The number of rotatable bonds is 4. The monoisotopic (exact) mass is 229 g/mol. The van der Waals surface area contributed by atoms with Crippen LogP contribution in [0.2, 0.25) is 0 Å². The van der Waals surface area contributed by atoms with E-state index in [0.29, 0.717) is 0 Å². The Morgan fingerprint density at radius 1 is 1.29 bits per heavy atom. The molecule has 1 aromatic carbocycles. The van der Waals surface area contributed by atoms with Crippen LogP contribution < -0.4 is 5.73 Å². The molecule has 3 nitrogen and oxygen atoms in total. The van der Waals surface area contributed by atoms with Crippen molar-refractivity contribution in [1.29, 1.82) is 0 Å². The van der Waals surface area contributed by atoms with Crippen molar-refractivity contribution in [3.05, 3.63) is 53.6 Å². The average molecular weight is 229 g/mol. The quantitative estimate of drug-likeness (QED) is 0.875. The molecule has 0 saturated carbocycles. The Hall–Kier alpha value is -1.61. The maximum atomic E-state index is 5.94. The molecule has 0 amide bonds. The van der Waals surface area contributed by atoms with Crippen molar-refractivity contribution in [2.45, 2.75) is 32.9 Å². The van der Waals surface area contributed by atoms with Gasteiger partial charge < -0.3 is 10.3 Å². The summed E-state index contributed by atoms with van der Waals surface area (Å²) in [6.07, 6.45) is 2.76. The van der Waals surface area contributed by atoms with E-state index in [4.69, 9.17) is 5.73 Å². The Bertz CT molecular complexity index is 471. The maximum Gasteiger partial charge on any atom is 0.113 e. The number of nitrogens with two attached hydrogens (primary N) is 1. The molecule has 2 N–H and O–H groups in total. The van der Waals surface area contributed by atoms with Gasteiger partial charge in [-0.1, -0.05) is 30.3 Å². The molecule has 90 valence electrons. The van der Waals surface area contributed by atoms with Crippen LogP contribution in [0.4, 0.5) is 0 Å². The highest BCUT2D eigenvalue weighted by Gasteiger charge is 2.11. The molecule has 17 heavy (non-hydrogen) atoms. The lowest BCUT2D eigenvalue weighted by Gasteiger charge is -2.11. The van der Waals surface area contributed by atoms with Gasteiger partial charge in [-0.05, 0) is 19.4 Å². The van der Waals surface area contributed by atoms with E-state index in [0.717, 1.165) is 24.5 Å². The van der Waals surface area contributed by atoms with Crippen LogP contribution >= 0.6 is 0 Å². The zero-order valence-electron chi connectivity index (χ0n) is 10.4. The van der Waals surface area contributed by atoms with Gasteiger partial charge in [0.25, 0.3) is 0 Å². The fraction of sp³-hybridized carbons (Fsp3) is 0.357. The van der Waals surface area contributed by atoms with E-state index in [1.54, 1.807) is 0 Å². The molecule has 0 saturated heterocycles. The van der Waals surface area contributed by atoms with Crippen molar-refractivity contribution in [3.8, 4) is 0 Å². The minimum atomic E-state index is 0.0342. The molecule has 0 bridgehead atoms. The summed E-state index contributed by atoms with van der Waals surface area (Å²) in [5, 5.41) is 0. The SMILES string of the molecule is CCn1c(C(C)N)cnc1Cc1ccccc1. The first-order valence-electron chi connectivity index (χ1n) is 6.06. The highest BCUT2D eigenvalue weighted by Crippen LogP contribution is 2.15. The Labute approximate surface area is 102 Å². The molecule has 2 aromatic rings. The largest absolute Gasteiger partial charge is 0.331 e. The van der Waals surface area contributed by atoms with Crippen molar-refractivity contribution >= 4 is 0 Å². The molecule has 2 rings (SSSR count). The molecule has 1 heterocycles. The van der Waals surface area contributed by atoms with Crippen LogP contribution in [0.5, 0.6) is 0 Å². The standard InChI is InChI=1S/C14H19N3/c1-3-17-13(11(2)15)10-16-14(17)9-12-7-5-4-6-8-12/h4-8,10-11H,3,9,15H2,1-2H3. The van der Waals surface area contributed by atoms with E-state index in [-0.39, 0.29) is 6.04 Å². The van der Waals surface area contributed by atoms with E-state index < -0.39 is 0 Å². The molecule has 1 aromatic heterocycles. The van der Waals surface area contributed by atoms with Crippen molar-refractivity contribution in [3.63, 3.8) is 0 Å². The van der Waals surface area contributed by atoms with Crippen molar-refractivity contribution in [1.82, 2.24) is 9.55 Å². The highest BCUT2D eigenvalue weighted by atomic mass is 15.1. The van der Waals surface area contributed by atoms with Crippen molar-refractivity contribution in [2.24, 2.45) is 5.73 Å². The summed E-state index contributed by atoms with van der Waals surface area (Å²) < 4.78 is 2.21. The predicted molar refractivity (Wildman–Crippen MR) is 69.8 cm³/mol. The molecule has 3 heteroatoms. The van der Waals surface area contributed by atoms with Crippen LogP contribution in [-0.4, -0.2) is 9.55 Å². The Balaban J connectivity index is 2.28. The molecule has 1 atom stereocenters. The first-order chi connectivity index (χ1) is 8.22. The van der Waals surface area contributed by atoms with Gasteiger partial charge >= 0.3 is 0 Å². The Morgan fingerprint density at radius 3 is 2.59 bits per heavy atom. The van der Waals surface area contributed by atoms with Crippen LogP contribution in [0.25, 0.3) is 0 Å². The molecule has 1 unspecified atom stereocenters. The summed E-state index contributed by atoms with van der Waals surface area (Å²) in [6, 6.07) is 10.4. The fourth-order valence-corrected chi connectivity index (χ4v) is 2.08. The summed E-state index contributed by atoms with van der Waals surface area (Å²) in [6.45, 7) is 5.04. The molecule has 0 spiro atoms. The van der Waals surface area contributed by atoms with Gasteiger partial charge in [0.15, 0.2) is 0 Å². The van der Waals surface area contributed by atoms with Crippen LogP contribution in [0.3, 0.4) is 0 Å². The van der Waals surface area contributed by atoms with Gasteiger partial charge in [0.1, 0.15) is 5.82 Å². The van der Waals surface area contributed by atoms with E-state index >= 15 is 0 Å². The minimum absolute atomic E-state index is 0.0342. The summed E-state index contributed by atoms with van der Waals surface area (Å²) in [7, 11) is 0. The van der Waals surface area contributed by atoms with Crippen molar-refractivity contribution in [2.75, 3.05) is 0 Å².